The number of fused-ring (bicyclic) bond motifs is 1. The van der Waals surface area contributed by atoms with Gasteiger partial charge < -0.3 is 28.4 Å². The molecule has 2 aromatic carbocycles. The highest BCUT2D eigenvalue weighted by Crippen LogP contribution is 2.37. The molecule has 45 heavy (non-hydrogen) atoms. The molecular formula is C32H31BrN2O9S. The maximum atomic E-state index is 14.1. The summed E-state index contributed by atoms with van der Waals surface area (Å²) in [5.74, 6) is 2.76. The molecule has 0 spiro atoms. The van der Waals surface area contributed by atoms with Crippen LogP contribution in [0.5, 0.6) is 23.0 Å². The monoisotopic (exact) mass is 698 g/mol. The number of carbonyl (C=O) groups excluding carboxylic acids is 2. The third-order valence-electron chi connectivity index (χ3n) is 6.55. The van der Waals surface area contributed by atoms with E-state index in [1.165, 1.54) is 30.1 Å². The molecule has 0 saturated heterocycles. The van der Waals surface area contributed by atoms with E-state index in [2.05, 4.69) is 31.6 Å². The summed E-state index contributed by atoms with van der Waals surface area (Å²) in [7, 11) is 2.77. The Morgan fingerprint density at radius 3 is 2.49 bits per heavy atom. The number of benzene rings is 2. The number of allylic oxidation sites excluding steroid dienone is 1. The Kier molecular flexibility index (Phi) is 11.1. The van der Waals surface area contributed by atoms with Crippen molar-refractivity contribution in [3.63, 3.8) is 0 Å². The molecule has 236 valence electrons. The molecular weight excluding hydrogens is 668 g/mol. The van der Waals surface area contributed by atoms with Crippen LogP contribution in [-0.2, 0) is 19.1 Å². The Morgan fingerprint density at radius 2 is 1.82 bits per heavy atom. The summed E-state index contributed by atoms with van der Waals surface area (Å²) in [6.07, 6.45) is 7.04. The highest BCUT2D eigenvalue weighted by Gasteiger charge is 2.34. The number of methoxy groups -OCH3 is 2. The van der Waals surface area contributed by atoms with Gasteiger partial charge in [0.05, 0.1) is 49.3 Å². The largest absolute Gasteiger partial charge is 0.493 e. The van der Waals surface area contributed by atoms with Crippen LogP contribution < -0.4 is 33.8 Å². The average Bonchev–Trinajstić information content (AvgIpc) is 3.33. The number of halogens is 1. The van der Waals surface area contributed by atoms with Crippen LogP contribution in [0.15, 0.2) is 55.9 Å². The van der Waals surface area contributed by atoms with Crippen LogP contribution in [0.2, 0.25) is 0 Å². The standard InChI is InChI=1S/C32H31BrN2O9S/c1-7-12-43-25-16-21(33)20(14-23(25)39-5)15-26-30(37)35-29(28(31(38)42-9-3)18(4)34-32(35)45-26)19-10-11-22(24(13-19)41-8-2)44-17-27(36)40-6/h1,10-11,13-16,29H,8-9,12,17H2,2-6H3/b26-15-/t29-/m0/s1. The molecule has 0 aliphatic carbocycles. The van der Waals surface area contributed by atoms with Crippen molar-refractivity contribution in [1.82, 2.24) is 4.57 Å². The lowest BCUT2D eigenvalue weighted by atomic mass is 9.95. The van der Waals surface area contributed by atoms with Gasteiger partial charge in [0.25, 0.3) is 5.56 Å². The third-order valence-corrected chi connectivity index (χ3v) is 8.22. The van der Waals surface area contributed by atoms with Crippen molar-refractivity contribution < 1.29 is 38.0 Å². The topological polar surface area (TPSA) is 124 Å². The minimum absolute atomic E-state index is 0.0618. The molecule has 4 rings (SSSR count). The summed E-state index contributed by atoms with van der Waals surface area (Å²) in [4.78, 5) is 44.1. The molecule has 0 radical (unpaired) electrons. The van der Waals surface area contributed by atoms with Crippen LogP contribution in [-0.4, -0.2) is 57.2 Å². The molecule has 2 heterocycles. The smallest absolute Gasteiger partial charge is 0.343 e. The Labute approximate surface area is 271 Å². The molecule has 1 aromatic heterocycles. The second-order valence-corrected chi connectivity index (χ2v) is 11.2. The fourth-order valence-electron chi connectivity index (χ4n) is 4.58. The summed E-state index contributed by atoms with van der Waals surface area (Å²) in [6, 6.07) is 7.53. The number of aromatic nitrogens is 1. The first kappa shape index (κ1) is 33.4. The average molecular weight is 700 g/mol. The number of terminal acetylenes is 1. The van der Waals surface area contributed by atoms with E-state index in [0.29, 0.717) is 60.2 Å². The normalized spacial score (nSPS) is 14.2. The third kappa shape index (κ3) is 7.24. The van der Waals surface area contributed by atoms with E-state index in [9.17, 15) is 14.4 Å². The fourth-order valence-corrected chi connectivity index (χ4v) is 6.05. The van der Waals surface area contributed by atoms with Gasteiger partial charge >= 0.3 is 11.9 Å². The van der Waals surface area contributed by atoms with Crippen LogP contribution in [0.1, 0.15) is 37.9 Å². The summed E-state index contributed by atoms with van der Waals surface area (Å²) in [6.45, 7) is 5.37. The van der Waals surface area contributed by atoms with Crippen molar-refractivity contribution in [2.75, 3.05) is 40.6 Å². The molecule has 1 aliphatic heterocycles. The number of hydrogen-bond donors (Lipinski definition) is 0. The molecule has 0 bridgehead atoms. The van der Waals surface area contributed by atoms with Crippen LogP contribution in [0, 0.1) is 12.3 Å². The van der Waals surface area contributed by atoms with Crippen LogP contribution >= 0.6 is 27.3 Å². The predicted molar refractivity (Wildman–Crippen MR) is 171 cm³/mol. The van der Waals surface area contributed by atoms with Gasteiger partial charge in [-0.1, -0.05) is 39.3 Å². The number of ether oxygens (including phenoxy) is 6. The van der Waals surface area contributed by atoms with E-state index in [1.54, 1.807) is 57.2 Å². The van der Waals surface area contributed by atoms with E-state index in [4.69, 9.17) is 30.1 Å². The van der Waals surface area contributed by atoms with Gasteiger partial charge in [0.1, 0.15) is 6.61 Å². The highest BCUT2D eigenvalue weighted by molar-refractivity contribution is 9.10. The molecule has 0 amide bonds. The van der Waals surface area contributed by atoms with Gasteiger partial charge in [0, 0.05) is 4.47 Å². The molecule has 0 N–H and O–H groups in total. The predicted octanol–water partition coefficient (Wildman–Crippen LogP) is 3.53. The molecule has 1 atom stereocenters. The van der Waals surface area contributed by atoms with E-state index in [-0.39, 0.29) is 31.0 Å². The second-order valence-electron chi connectivity index (χ2n) is 9.32. The van der Waals surface area contributed by atoms with Gasteiger partial charge in [-0.2, -0.15) is 0 Å². The Balaban J connectivity index is 1.90. The minimum Gasteiger partial charge on any atom is -0.493 e. The van der Waals surface area contributed by atoms with E-state index < -0.39 is 18.0 Å². The number of carbonyl (C=O) groups is 2. The Morgan fingerprint density at radius 1 is 1.07 bits per heavy atom. The van der Waals surface area contributed by atoms with Gasteiger partial charge in [-0.05, 0) is 62.2 Å². The van der Waals surface area contributed by atoms with Crippen molar-refractivity contribution in [2.45, 2.75) is 26.8 Å². The van der Waals surface area contributed by atoms with Crippen molar-refractivity contribution in [1.29, 1.82) is 0 Å². The molecule has 0 unspecified atom stereocenters. The molecule has 11 nitrogen and oxygen atoms in total. The number of hydrogen-bond acceptors (Lipinski definition) is 11. The lowest BCUT2D eigenvalue weighted by molar-refractivity contribution is -0.143. The summed E-state index contributed by atoms with van der Waals surface area (Å²) in [5, 5.41) is 0. The number of esters is 2. The van der Waals surface area contributed by atoms with Crippen molar-refractivity contribution in [3.8, 4) is 35.3 Å². The first-order valence-corrected chi connectivity index (χ1v) is 15.4. The summed E-state index contributed by atoms with van der Waals surface area (Å²) < 4.78 is 35.0. The fraction of sp³-hybridized carbons (Fsp3) is 0.312. The first-order valence-electron chi connectivity index (χ1n) is 13.8. The number of rotatable bonds is 12. The summed E-state index contributed by atoms with van der Waals surface area (Å²) >= 11 is 4.72. The van der Waals surface area contributed by atoms with Crippen LogP contribution in [0.25, 0.3) is 6.08 Å². The quantitative estimate of drug-likeness (QED) is 0.206. The molecule has 0 saturated carbocycles. The van der Waals surface area contributed by atoms with Crippen molar-refractivity contribution >= 4 is 45.3 Å². The first-order chi connectivity index (χ1) is 21.7. The zero-order valence-electron chi connectivity index (χ0n) is 25.3. The van der Waals surface area contributed by atoms with Gasteiger partial charge in [-0.15, -0.1) is 6.42 Å². The van der Waals surface area contributed by atoms with Gasteiger partial charge in [0.2, 0.25) is 0 Å². The van der Waals surface area contributed by atoms with E-state index in [1.807, 2.05) is 0 Å². The zero-order valence-corrected chi connectivity index (χ0v) is 27.7. The Hall–Kier alpha value is -4.54. The Bertz CT molecular complexity index is 1870. The maximum absolute atomic E-state index is 14.1. The van der Waals surface area contributed by atoms with Crippen molar-refractivity contribution in [3.05, 3.63) is 76.9 Å². The molecule has 13 heteroatoms. The number of nitrogens with zero attached hydrogens (tertiary/aromatic N) is 2. The molecule has 3 aromatic rings. The lowest BCUT2D eigenvalue weighted by Crippen LogP contribution is -2.40. The number of thiazole rings is 1. The van der Waals surface area contributed by atoms with Crippen LogP contribution in [0.3, 0.4) is 0 Å². The minimum atomic E-state index is -0.895. The van der Waals surface area contributed by atoms with Gasteiger partial charge in [-0.3, -0.25) is 9.36 Å². The van der Waals surface area contributed by atoms with Gasteiger partial charge in [-0.25, -0.2) is 14.6 Å². The van der Waals surface area contributed by atoms with Gasteiger partial charge in [0.15, 0.2) is 34.4 Å². The second kappa shape index (κ2) is 15.0. The molecule has 1 aliphatic rings. The van der Waals surface area contributed by atoms with Crippen molar-refractivity contribution in [2.24, 2.45) is 4.99 Å². The zero-order chi connectivity index (χ0) is 32.7. The van der Waals surface area contributed by atoms with Crippen LogP contribution in [0.4, 0.5) is 0 Å². The highest BCUT2D eigenvalue weighted by atomic mass is 79.9. The lowest BCUT2D eigenvalue weighted by Gasteiger charge is -2.25. The molecule has 0 fully saturated rings. The van der Waals surface area contributed by atoms with E-state index in [0.717, 1.165) is 0 Å². The SMILES string of the molecule is C#CCOc1cc(Br)c(/C=c2\sc3n(c2=O)[C@@H](c2ccc(OCC(=O)OC)c(OCC)c2)C(C(=O)OCC)=C(C)N=3)cc1OC. The summed E-state index contributed by atoms with van der Waals surface area (Å²) in [5.41, 5.74) is 1.44. The maximum Gasteiger partial charge on any atom is 0.343 e. The van der Waals surface area contributed by atoms with E-state index >= 15 is 0 Å².